The number of nitro benzene ring substituents is 1. The van der Waals surface area contributed by atoms with Crippen LogP contribution in [0.25, 0.3) is 0 Å². The molecule has 7 heteroatoms. The number of nitro groups is 1. The minimum atomic E-state index is -0.579. The van der Waals surface area contributed by atoms with Gasteiger partial charge in [0.15, 0.2) is 0 Å². The van der Waals surface area contributed by atoms with Gasteiger partial charge in [-0.2, -0.15) is 0 Å². The molecule has 0 heterocycles. The Morgan fingerprint density at radius 1 is 1.40 bits per heavy atom. The highest BCUT2D eigenvalue weighted by molar-refractivity contribution is 6.32. The van der Waals surface area contributed by atoms with E-state index in [0.29, 0.717) is 18.2 Å². The van der Waals surface area contributed by atoms with E-state index >= 15 is 0 Å². The van der Waals surface area contributed by atoms with E-state index in [1.165, 1.54) is 31.0 Å². The molecule has 6 nitrogen and oxygen atoms in total. The van der Waals surface area contributed by atoms with Crippen LogP contribution in [0.15, 0.2) is 18.2 Å². The van der Waals surface area contributed by atoms with Gasteiger partial charge < -0.3 is 10.6 Å². The van der Waals surface area contributed by atoms with Crippen molar-refractivity contribution in [2.24, 2.45) is 5.92 Å². The largest absolute Gasteiger partial charge is 0.338 e. The number of nitrogens with one attached hydrogen (secondary N) is 2. The Kier molecular flexibility index (Phi) is 4.79. The van der Waals surface area contributed by atoms with Gasteiger partial charge >= 0.3 is 6.03 Å². The smallest absolute Gasteiger partial charge is 0.319 e. The zero-order valence-electron chi connectivity index (χ0n) is 10.9. The Morgan fingerprint density at radius 3 is 2.75 bits per heavy atom. The minimum Gasteiger partial charge on any atom is -0.338 e. The molecule has 1 aromatic carbocycles. The normalized spacial score (nSPS) is 15.1. The van der Waals surface area contributed by atoms with Gasteiger partial charge in [-0.3, -0.25) is 10.1 Å². The molecule has 0 aliphatic heterocycles. The second kappa shape index (κ2) is 6.56. The number of halogens is 1. The first-order valence-electron chi connectivity index (χ1n) is 6.55. The van der Waals surface area contributed by atoms with E-state index in [2.05, 4.69) is 10.6 Å². The van der Waals surface area contributed by atoms with Gasteiger partial charge in [0.05, 0.1) is 4.92 Å². The summed E-state index contributed by atoms with van der Waals surface area (Å²) >= 11 is 5.71. The Labute approximate surface area is 121 Å². The van der Waals surface area contributed by atoms with Crippen LogP contribution in [0.2, 0.25) is 5.02 Å². The van der Waals surface area contributed by atoms with Crippen molar-refractivity contribution in [3.63, 3.8) is 0 Å². The van der Waals surface area contributed by atoms with Gasteiger partial charge in [0.1, 0.15) is 5.02 Å². The van der Waals surface area contributed by atoms with E-state index < -0.39 is 4.92 Å². The molecule has 0 bridgehead atoms. The number of benzene rings is 1. The van der Waals surface area contributed by atoms with Crippen molar-refractivity contribution >= 4 is 29.0 Å². The van der Waals surface area contributed by atoms with Crippen LogP contribution in [0.5, 0.6) is 0 Å². The number of carbonyl (C=O) groups is 1. The summed E-state index contributed by atoms with van der Waals surface area (Å²) in [4.78, 5) is 21.9. The monoisotopic (exact) mass is 297 g/mol. The molecule has 2 N–H and O–H groups in total. The lowest BCUT2D eigenvalue weighted by atomic mass is 10.1. The van der Waals surface area contributed by atoms with Crippen LogP contribution < -0.4 is 10.6 Å². The van der Waals surface area contributed by atoms with Crippen molar-refractivity contribution in [2.45, 2.75) is 25.7 Å². The number of amides is 2. The molecule has 0 radical (unpaired) electrons. The van der Waals surface area contributed by atoms with Gasteiger partial charge in [-0.15, -0.1) is 0 Å². The van der Waals surface area contributed by atoms with Crippen molar-refractivity contribution in [2.75, 3.05) is 11.9 Å². The van der Waals surface area contributed by atoms with Crippen LogP contribution in [0.3, 0.4) is 0 Å². The fraction of sp³-hybridized carbons (Fsp3) is 0.462. The van der Waals surface area contributed by atoms with Crippen LogP contribution >= 0.6 is 11.6 Å². The maximum Gasteiger partial charge on any atom is 0.319 e. The number of rotatable bonds is 4. The first kappa shape index (κ1) is 14.6. The fourth-order valence-corrected chi connectivity index (χ4v) is 2.54. The lowest BCUT2D eigenvalue weighted by Crippen LogP contribution is -2.32. The van der Waals surface area contributed by atoms with Crippen molar-refractivity contribution in [1.82, 2.24) is 5.32 Å². The van der Waals surface area contributed by atoms with Crippen LogP contribution in [0.1, 0.15) is 25.7 Å². The standard InChI is InChI=1S/C13H16ClN3O3/c14-11-6-5-10(7-12(11)17(19)20)16-13(18)15-8-9-3-1-2-4-9/h5-7,9H,1-4,8H2,(H2,15,16,18). The van der Waals surface area contributed by atoms with Gasteiger partial charge in [-0.05, 0) is 30.9 Å². The molecule has 1 saturated carbocycles. The predicted octanol–water partition coefficient (Wildman–Crippen LogP) is 3.56. The second-order valence-electron chi connectivity index (χ2n) is 4.91. The highest BCUT2D eigenvalue weighted by Gasteiger charge is 2.16. The molecule has 1 aromatic rings. The molecule has 1 aliphatic carbocycles. The Morgan fingerprint density at radius 2 is 2.10 bits per heavy atom. The first-order valence-corrected chi connectivity index (χ1v) is 6.93. The van der Waals surface area contributed by atoms with Crippen molar-refractivity contribution < 1.29 is 9.72 Å². The Bertz CT molecular complexity index is 516. The molecule has 0 aromatic heterocycles. The van der Waals surface area contributed by atoms with Gasteiger partial charge in [0.2, 0.25) is 0 Å². The summed E-state index contributed by atoms with van der Waals surface area (Å²) < 4.78 is 0. The zero-order chi connectivity index (χ0) is 14.5. The number of urea groups is 1. The van der Waals surface area contributed by atoms with E-state index in [1.54, 1.807) is 0 Å². The summed E-state index contributed by atoms with van der Waals surface area (Å²) in [6, 6.07) is 3.82. The molecule has 0 unspecified atom stereocenters. The number of hydrogen-bond donors (Lipinski definition) is 2. The van der Waals surface area contributed by atoms with E-state index in [1.807, 2.05) is 0 Å². The van der Waals surface area contributed by atoms with Gasteiger partial charge in [0.25, 0.3) is 5.69 Å². The molecule has 2 rings (SSSR count). The highest BCUT2D eigenvalue weighted by Crippen LogP contribution is 2.27. The molecule has 108 valence electrons. The molecule has 0 spiro atoms. The van der Waals surface area contributed by atoms with E-state index in [-0.39, 0.29) is 16.7 Å². The maximum absolute atomic E-state index is 11.7. The maximum atomic E-state index is 11.7. The highest BCUT2D eigenvalue weighted by atomic mass is 35.5. The number of carbonyl (C=O) groups excluding carboxylic acids is 1. The summed E-state index contributed by atoms with van der Waals surface area (Å²) in [6.07, 6.45) is 4.73. The third kappa shape index (κ3) is 3.84. The van der Waals surface area contributed by atoms with Gasteiger partial charge in [-0.25, -0.2) is 4.79 Å². The van der Waals surface area contributed by atoms with Crippen molar-refractivity contribution in [1.29, 1.82) is 0 Å². The molecule has 20 heavy (non-hydrogen) atoms. The van der Waals surface area contributed by atoms with Crippen LogP contribution in [0.4, 0.5) is 16.2 Å². The molecule has 0 saturated heterocycles. The van der Waals surface area contributed by atoms with Crippen LogP contribution in [-0.2, 0) is 0 Å². The zero-order valence-corrected chi connectivity index (χ0v) is 11.7. The topological polar surface area (TPSA) is 84.3 Å². The molecule has 1 aliphatic rings. The third-order valence-electron chi connectivity index (χ3n) is 3.43. The number of hydrogen-bond acceptors (Lipinski definition) is 3. The first-order chi connectivity index (χ1) is 9.56. The molecular formula is C13H16ClN3O3. The summed E-state index contributed by atoms with van der Waals surface area (Å²) in [5.41, 5.74) is 0.130. The average Bonchev–Trinajstić information content (AvgIpc) is 2.91. The molecule has 0 atom stereocenters. The predicted molar refractivity (Wildman–Crippen MR) is 77.1 cm³/mol. The molecule has 1 fully saturated rings. The summed E-state index contributed by atoms with van der Waals surface area (Å²) in [6.45, 7) is 0.640. The van der Waals surface area contributed by atoms with Crippen LogP contribution in [0, 0.1) is 16.0 Å². The molecule has 2 amide bonds. The Hall–Kier alpha value is -1.82. The lowest BCUT2D eigenvalue weighted by Gasteiger charge is -2.11. The van der Waals surface area contributed by atoms with Gasteiger partial charge in [0, 0.05) is 18.3 Å². The summed E-state index contributed by atoms with van der Waals surface area (Å²) in [7, 11) is 0. The van der Waals surface area contributed by atoms with Crippen LogP contribution in [-0.4, -0.2) is 17.5 Å². The number of anilines is 1. The fourth-order valence-electron chi connectivity index (χ4n) is 2.36. The quantitative estimate of drug-likeness (QED) is 0.658. The second-order valence-corrected chi connectivity index (χ2v) is 5.32. The third-order valence-corrected chi connectivity index (χ3v) is 3.75. The van der Waals surface area contributed by atoms with Gasteiger partial charge in [-0.1, -0.05) is 24.4 Å². The Balaban J connectivity index is 1.90. The van der Waals surface area contributed by atoms with E-state index in [9.17, 15) is 14.9 Å². The van der Waals surface area contributed by atoms with Crippen molar-refractivity contribution in [3.05, 3.63) is 33.3 Å². The molecular weight excluding hydrogens is 282 g/mol. The van der Waals surface area contributed by atoms with E-state index in [4.69, 9.17) is 11.6 Å². The minimum absolute atomic E-state index is 0.0481. The lowest BCUT2D eigenvalue weighted by molar-refractivity contribution is -0.384. The number of nitrogens with zero attached hydrogens (tertiary/aromatic N) is 1. The van der Waals surface area contributed by atoms with E-state index in [0.717, 1.165) is 12.8 Å². The average molecular weight is 298 g/mol. The summed E-state index contributed by atoms with van der Waals surface area (Å²) in [5, 5.41) is 16.2. The summed E-state index contributed by atoms with van der Waals surface area (Å²) in [5.74, 6) is 0.542. The SMILES string of the molecule is O=C(NCC1CCCC1)Nc1ccc(Cl)c([N+](=O)[O-])c1. The van der Waals surface area contributed by atoms with Crippen molar-refractivity contribution in [3.8, 4) is 0 Å².